The maximum absolute atomic E-state index is 5.96. The van der Waals surface area contributed by atoms with Gasteiger partial charge < -0.3 is 15.4 Å². The molecule has 1 heterocycles. The van der Waals surface area contributed by atoms with Gasteiger partial charge in [-0.1, -0.05) is 26.2 Å². The van der Waals surface area contributed by atoms with Gasteiger partial charge >= 0.3 is 0 Å². The molecule has 23 heavy (non-hydrogen) atoms. The molecule has 1 atom stereocenters. The van der Waals surface area contributed by atoms with Crippen molar-refractivity contribution in [3.63, 3.8) is 0 Å². The summed E-state index contributed by atoms with van der Waals surface area (Å²) in [6, 6.07) is 0.660. The molecule has 5 nitrogen and oxygen atoms in total. The van der Waals surface area contributed by atoms with E-state index in [2.05, 4.69) is 27.4 Å². The zero-order valence-corrected chi connectivity index (χ0v) is 15.1. The van der Waals surface area contributed by atoms with Crippen LogP contribution in [-0.2, 0) is 4.74 Å². The second kappa shape index (κ2) is 10.9. The van der Waals surface area contributed by atoms with Crippen molar-refractivity contribution in [2.45, 2.75) is 70.4 Å². The van der Waals surface area contributed by atoms with E-state index in [9.17, 15) is 0 Å². The van der Waals surface area contributed by atoms with Gasteiger partial charge in [-0.25, -0.2) is 0 Å². The summed E-state index contributed by atoms with van der Waals surface area (Å²) in [7, 11) is 1.85. The third-order valence-corrected chi connectivity index (χ3v) is 5.15. The fourth-order valence-corrected chi connectivity index (χ4v) is 3.74. The molecule has 2 fully saturated rings. The van der Waals surface area contributed by atoms with Crippen LogP contribution in [0.3, 0.4) is 0 Å². The van der Waals surface area contributed by atoms with E-state index in [1.807, 2.05) is 7.05 Å². The monoisotopic (exact) mass is 324 g/mol. The third-order valence-electron chi connectivity index (χ3n) is 5.15. The number of ether oxygens (including phenoxy) is 1. The first-order valence-electron chi connectivity index (χ1n) is 9.63. The normalized spacial score (nSPS) is 24.1. The molecule has 0 radical (unpaired) electrons. The van der Waals surface area contributed by atoms with Crippen LogP contribution in [0.1, 0.15) is 58.3 Å². The van der Waals surface area contributed by atoms with Crippen molar-refractivity contribution < 1.29 is 4.74 Å². The number of rotatable bonds is 8. The quantitative estimate of drug-likeness (QED) is 0.409. The van der Waals surface area contributed by atoms with E-state index in [0.717, 1.165) is 38.6 Å². The first-order valence-corrected chi connectivity index (χ1v) is 9.63. The van der Waals surface area contributed by atoms with Crippen LogP contribution >= 0.6 is 0 Å². The smallest absolute Gasteiger partial charge is 0.191 e. The van der Waals surface area contributed by atoms with Crippen LogP contribution in [0.2, 0.25) is 0 Å². The minimum absolute atomic E-state index is 0.517. The molecule has 1 unspecified atom stereocenters. The Labute approximate surface area is 142 Å². The number of guanidine groups is 1. The minimum atomic E-state index is 0.517. The zero-order chi connectivity index (χ0) is 16.3. The molecule has 1 aliphatic carbocycles. The number of hydrogen-bond acceptors (Lipinski definition) is 3. The molecular weight excluding hydrogens is 288 g/mol. The molecule has 0 aromatic carbocycles. The van der Waals surface area contributed by atoms with Gasteiger partial charge in [-0.15, -0.1) is 0 Å². The summed E-state index contributed by atoms with van der Waals surface area (Å²) < 4.78 is 5.96. The SMILES string of the molecule is CCN1CCCC1CNC(=NC)NCCCOC1CCCCC1. The van der Waals surface area contributed by atoms with E-state index in [1.165, 1.54) is 51.5 Å². The van der Waals surface area contributed by atoms with Crippen LogP contribution in [0.25, 0.3) is 0 Å². The Morgan fingerprint density at radius 2 is 1.96 bits per heavy atom. The largest absolute Gasteiger partial charge is 0.378 e. The number of likely N-dealkylation sites (tertiary alicyclic amines) is 1. The molecule has 5 heteroatoms. The maximum atomic E-state index is 5.96. The minimum Gasteiger partial charge on any atom is -0.378 e. The van der Waals surface area contributed by atoms with E-state index in [-0.39, 0.29) is 0 Å². The lowest BCUT2D eigenvalue weighted by molar-refractivity contribution is 0.0277. The van der Waals surface area contributed by atoms with E-state index in [4.69, 9.17) is 4.74 Å². The molecule has 0 aromatic heterocycles. The van der Waals surface area contributed by atoms with E-state index < -0.39 is 0 Å². The van der Waals surface area contributed by atoms with Crippen molar-refractivity contribution in [1.29, 1.82) is 0 Å². The fourth-order valence-electron chi connectivity index (χ4n) is 3.74. The molecule has 0 spiro atoms. The maximum Gasteiger partial charge on any atom is 0.191 e. The van der Waals surface area contributed by atoms with Crippen LogP contribution in [-0.4, -0.2) is 62.8 Å². The summed E-state index contributed by atoms with van der Waals surface area (Å²) in [6.45, 7) is 7.42. The molecule has 134 valence electrons. The van der Waals surface area contributed by atoms with Gasteiger partial charge in [-0.05, 0) is 45.2 Å². The van der Waals surface area contributed by atoms with Crippen molar-refractivity contribution in [1.82, 2.24) is 15.5 Å². The predicted molar refractivity (Wildman–Crippen MR) is 97.1 cm³/mol. The summed E-state index contributed by atoms with van der Waals surface area (Å²) in [5.41, 5.74) is 0. The van der Waals surface area contributed by atoms with Gasteiger partial charge in [0.15, 0.2) is 5.96 Å². The van der Waals surface area contributed by atoms with Crippen molar-refractivity contribution in [2.75, 3.05) is 39.8 Å². The molecule has 1 aliphatic heterocycles. The van der Waals surface area contributed by atoms with Crippen molar-refractivity contribution in [2.24, 2.45) is 4.99 Å². The fraction of sp³-hybridized carbons (Fsp3) is 0.944. The molecule has 2 aliphatic rings. The van der Waals surface area contributed by atoms with Crippen LogP contribution in [0, 0.1) is 0 Å². The van der Waals surface area contributed by atoms with E-state index in [1.54, 1.807) is 0 Å². The second-order valence-electron chi connectivity index (χ2n) is 6.79. The van der Waals surface area contributed by atoms with E-state index in [0.29, 0.717) is 12.1 Å². The van der Waals surface area contributed by atoms with Crippen molar-refractivity contribution >= 4 is 5.96 Å². The summed E-state index contributed by atoms with van der Waals surface area (Å²) >= 11 is 0. The Morgan fingerprint density at radius 3 is 2.70 bits per heavy atom. The topological polar surface area (TPSA) is 48.9 Å². The number of aliphatic imine (C=N–C) groups is 1. The van der Waals surface area contributed by atoms with Gasteiger partial charge in [0.25, 0.3) is 0 Å². The van der Waals surface area contributed by atoms with Crippen LogP contribution in [0.4, 0.5) is 0 Å². The molecule has 0 amide bonds. The molecule has 1 saturated carbocycles. The second-order valence-corrected chi connectivity index (χ2v) is 6.79. The summed E-state index contributed by atoms with van der Waals surface area (Å²) in [5, 5.41) is 6.88. The summed E-state index contributed by atoms with van der Waals surface area (Å²) in [6.07, 6.45) is 10.8. The number of nitrogens with one attached hydrogen (secondary N) is 2. The Hall–Kier alpha value is -0.810. The van der Waals surface area contributed by atoms with Gasteiger partial charge in [0.2, 0.25) is 0 Å². The molecular formula is C18H36N4O. The predicted octanol–water partition coefficient (Wildman–Crippen LogP) is 2.38. The lowest BCUT2D eigenvalue weighted by Gasteiger charge is -2.24. The highest BCUT2D eigenvalue weighted by Gasteiger charge is 2.22. The molecule has 1 saturated heterocycles. The third kappa shape index (κ3) is 6.68. The average Bonchev–Trinajstić information content (AvgIpc) is 3.06. The van der Waals surface area contributed by atoms with Gasteiger partial charge in [-0.3, -0.25) is 9.89 Å². The first kappa shape index (κ1) is 18.5. The Balaban J connectivity index is 1.52. The summed E-state index contributed by atoms with van der Waals surface area (Å²) in [4.78, 5) is 6.88. The highest BCUT2D eigenvalue weighted by Crippen LogP contribution is 2.20. The van der Waals surface area contributed by atoms with Crippen molar-refractivity contribution in [3.05, 3.63) is 0 Å². The Kier molecular flexibility index (Phi) is 8.76. The average molecular weight is 325 g/mol. The highest BCUT2D eigenvalue weighted by atomic mass is 16.5. The Morgan fingerprint density at radius 1 is 1.13 bits per heavy atom. The van der Waals surface area contributed by atoms with Gasteiger partial charge in [0.05, 0.1) is 6.10 Å². The molecule has 2 rings (SSSR count). The molecule has 2 N–H and O–H groups in total. The first-order chi connectivity index (χ1) is 11.3. The van der Waals surface area contributed by atoms with Gasteiger partial charge in [0.1, 0.15) is 0 Å². The number of hydrogen-bond donors (Lipinski definition) is 2. The van der Waals surface area contributed by atoms with E-state index >= 15 is 0 Å². The summed E-state index contributed by atoms with van der Waals surface area (Å²) in [5.74, 6) is 0.922. The zero-order valence-electron chi connectivity index (χ0n) is 15.1. The molecule has 0 aromatic rings. The van der Waals surface area contributed by atoms with Crippen molar-refractivity contribution in [3.8, 4) is 0 Å². The van der Waals surface area contributed by atoms with Gasteiger partial charge in [0, 0.05) is 32.8 Å². The standard InChI is InChI=1S/C18H36N4O/c1-3-22-13-7-9-16(22)15-21-18(19-2)20-12-8-14-23-17-10-5-4-6-11-17/h16-17H,3-15H2,1-2H3,(H2,19,20,21). The highest BCUT2D eigenvalue weighted by molar-refractivity contribution is 5.79. The number of likely N-dealkylation sites (N-methyl/N-ethyl adjacent to an activating group) is 1. The molecule has 0 bridgehead atoms. The number of nitrogens with zero attached hydrogens (tertiary/aromatic N) is 2. The lowest BCUT2D eigenvalue weighted by Crippen LogP contribution is -2.45. The van der Waals surface area contributed by atoms with Gasteiger partial charge in [-0.2, -0.15) is 0 Å². The Bertz CT molecular complexity index is 342. The van der Waals surface area contributed by atoms with Crippen LogP contribution in [0.5, 0.6) is 0 Å². The van der Waals surface area contributed by atoms with Crippen LogP contribution in [0.15, 0.2) is 4.99 Å². The van der Waals surface area contributed by atoms with Crippen LogP contribution < -0.4 is 10.6 Å². The lowest BCUT2D eigenvalue weighted by atomic mass is 9.98.